The quantitative estimate of drug-likeness (QED) is 0.759. The molecule has 1 N–H and O–H groups in total. The highest BCUT2D eigenvalue weighted by atomic mass is 16.5. The number of hydrogen-bond acceptors (Lipinski definition) is 4. The average molecular weight is 408 g/mol. The minimum atomic E-state index is -0.314. The normalized spacial score (nSPS) is 29.1. The van der Waals surface area contributed by atoms with E-state index in [9.17, 15) is 9.59 Å². The number of para-hydroxylation sites is 1. The summed E-state index contributed by atoms with van der Waals surface area (Å²) in [6.45, 7) is 3.54. The molecule has 1 aromatic heterocycles. The Morgan fingerprint density at radius 3 is 2.30 bits per heavy atom. The summed E-state index contributed by atoms with van der Waals surface area (Å²) in [6, 6.07) is 9.80. The Kier molecular flexibility index (Phi) is 4.88. The summed E-state index contributed by atoms with van der Waals surface area (Å²) in [7, 11) is 0. The van der Waals surface area contributed by atoms with Crippen LogP contribution in [0.2, 0.25) is 0 Å². The number of aromatic nitrogens is 2. The van der Waals surface area contributed by atoms with Gasteiger partial charge in [0.2, 0.25) is 0 Å². The van der Waals surface area contributed by atoms with Gasteiger partial charge in [0.15, 0.2) is 6.61 Å². The summed E-state index contributed by atoms with van der Waals surface area (Å²) in [5.41, 5.74) is 3.19. The van der Waals surface area contributed by atoms with Gasteiger partial charge in [-0.1, -0.05) is 18.2 Å². The summed E-state index contributed by atoms with van der Waals surface area (Å²) in [5.74, 6) is 2.06. The maximum Gasteiger partial charge on any atom is 0.310 e. The van der Waals surface area contributed by atoms with Crippen molar-refractivity contribution in [2.24, 2.45) is 29.6 Å². The number of aryl methyl sites for hydroxylation is 1. The van der Waals surface area contributed by atoms with Gasteiger partial charge >= 0.3 is 5.97 Å². The molecular weight excluding hydrogens is 378 g/mol. The number of benzene rings is 1. The molecule has 0 radical (unpaired) electrons. The molecule has 158 valence electrons. The number of nitrogens with zero attached hydrogens (tertiary/aromatic N) is 2. The number of carbonyl (C=O) groups is 2. The van der Waals surface area contributed by atoms with Crippen LogP contribution in [0.15, 0.2) is 30.3 Å². The van der Waals surface area contributed by atoms with E-state index in [-0.39, 0.29) is 24.4 Å². The van der Waals surface area contributed by atoms with Crippen molar-refractivity contribution in [2.45, 2.75) is 46.0 Å². The molecule has 2 aromatic rings. The second kappa shape index (κ2) is 7.56. The first-order valence-electron chi connectivity index (χ1n) is 11.1. The molecule has 0 spiro atoms. The zero-order valence-corrected chi connectivity index (χ0v) is 17.6. The highest BCUT2D eigenvalue weighted by Crippen LogP contribution is 2.56. The number of hydrogen-bond donors (Lipinski definition) is 1. The number of nitrogens with one attached hydrogen (secondary N) is 1. The second-order valence-electron chi connectivity index (χ2n) is 9.41. The Bertz CT molecular complexity index is 938. The number of anilines is 1. The highest BCUT2D eigenvalue weighted by molar-refractivity contribution is 5.94. The van der Waals surface area contributed by atoms with Crippen molar-refractivity contribution < 1.29 is 14.3 Å². The molecule has 0 atom stereocenters. The van der Waals surface area contributed by atoms with Gasteiger partial charge in [-0.2, -0.15) is 5.10 Å². The second-order valence-corrected chi connectivity index (χ2v) is 9.41. The van der Waals surface area contributed by atoms with Crippen LogP contribution in [0.5, 0.6) is 0 Å². The molecule has 0 saturated heterocycles. The van der Waals surface area contributed by atoms with Crippen molar-refractivity contribution in [3.63, 3.8) is 0 Å². The Labute approximate surface area is 177 Å². The van der Waals surface area contributed by atoms with E-state index in [0.29, 0.717) is 17.5 Å². The van der Waals surface area contributed by atoms with Gasteiger partial charge < -0.3 is 10.1 Å². The van der Waals surface area contributed by atoms with Gasteiger partial charge in [-0.3, -0.25) is 9.59 Å². The molecule has 4 aliphatic rings. The van der Waals surface area contributed by atoms with Crippen molar-refractivity contribution >= 4 is 17.6 Å². The predicted molar refractivity (Wildman–Crippen MR) is 113 cm³/mol. The van der Waals surface area contributed by atoms with E-state index in [0.717, 1.165) is 54.6 Å². The van der Waals surface area contributed by atoms with E-state index in [1.54, 1.807) is 0 Å². The van der Waals surface area contributed by atoms with Gasteiger partial charge in [0, 0.05) is 0 Å². The summed E-state index contributed by atoms with van der Waals surface area (Å²) in [6.07, 6.45) is 6.00. The Balaban J connectivity index is 1.21. The third-order valence-corrected chi connectivity index (χ3v) is 7.40. The van der Waals surface area contributed by atoms with E-state index < -0.39 is 0 Å². The van der Waals surface area contributed by atoms with E-state index >= 15 is 0 Å². The van der Waals surface area contributed by atoms with Crippen LogP contribution in [-0.2, 0) is 14.3 Å². The fourth-order valence-corrected chi connectivity index (χ4v) is 6.36. The SMILES string of the molecule is Cc1nn(-c2ccccc2)c(C)c1NC(=O)COC(=O)C1C2CC3CC(C2)CC1C3. The zero-order chi connectivity index (χ0) is 20.8. The van der Waals surface area contributed by atoms with Crippen LogP contribution in [0.1, 0.15) is 43.5 Å². The molecule has 4 aliphatic carbocycles. The Morgan fingerprint density at radius 1 is 1.03 bits per heavy atom. The third kappa shape index (κ3) is 3.42. The first kappa shape index (κ1) is 19.3. The summed E-state index contributed by atoms with van der Waals surface area (Å²) in [4.78, 5) is 25.3. The molecule has 6 nitrogen and oxygen atoms in total. The Morgan fingerprint density at radius 2 is 1.67 bits per heavy atom. The third-order valence-electron chi connectivity index (χ3n) is 7.40. The van der Waals surface area contributed by atoms with Crippen LogP contribution >= 0.6 is 0 Å². The Hall–Kier alpha value is -2.63. The molecular formula is C24H29N3O3. The molecule has 0 unspecified atom stereocenters. The lowest BCUT2D eigenvalue weighted by molar-refractivity contribution is -0.164. The topological polar surface area (TPSA) is 73.2 Å². The van der Waals surface area contributed by atoms with E-state index in [1.165, 1.54) is 6.42 Å². The average Bonchev–Trinajstić information content (AvgIpc) is 3.00. The predicted octanol–water partition coefficient (Wildman–Crippen LogP) is 4.04. The van der Waals surface area contributed by atoms with Crippen molar-refractivity contribution in [1.82, 2.24) is 9.78 Å². The lowest BCUT2D eigenvalue weighted by atomic mass is 9.52. The van der Waals surface area contributed by atoms with Crippen LogP contribution in [0.4, 0.5) is 5.69 Å². The van der Waals surface area contributed by atoms with Gasteiger partial charge in [-0.05, 0) is 81.8 Å². The number of rotatable bonds is 5. The lowest BCUT2D eigenvalue weighted by Gasteiger charge is -2.53. The summed E-state index contributed by atoms with van der Waals surface area (Å²) < 4.78 is 7.31. The van der Waals surface area contributed by atoms with Crippen molar-refractivity contribution in [3.05, 3.63) is 41.7 Å². The summed E-state index contributed by atoms with van der Waals surface area (Å²) in [5, 5.41) is 7.44. The maximum absolute atomic E-state index is 12.8. The molecule has 6 heteroatoms. The smallest absolute Gasteiger partial charge is 0.310 e. The fourth-order valence-electron chi connectivity index (χ4n) is 6.36. The van der Waals surface area contributed by atoms with Crippen molar-refractivity contribution in [1.29, 1.82) is 0 Å². The fraction of sp³-hybridized carbons (Fsp3) is 0.542. The van der Waals surface area contributed by atoms with Crippen molar-refractivity contribution in [2.75, 3.05) is 11.9 Å². The summed E-state index contributed by atoms with van der Waals surface area (Å²) >= 11 is 0. The molecule has 1 heterocycles. The standard InChI is InChI=1S/C24H29N3O3/c1-14-23(15(2)27(26-14)20-6-4-3-5-7-20)25-21(28)13-30-24(29)22-18-9-16-8-17(11-18)12-19(22)10-16/h3-7,16-19,22H,8-13H2,1-2H3,(H,25,28). The van der Waals surface area contributed by atoms with E-state index in [2.05, 4.69) is 10.4 Å². The van der Waals surface area contributed by atoms with Crippen LogP contribution < -0.4 is 5.32 Å². The number of ether oxygens (including phenoxy) is 1. The van der Waals surface area contributed by atoms with Crippen LogP contribution in [-0.4, -0.2) is 28.3 Å². The molecule has 1 aromatic carbocycles. The van der Waals surface area contributed by atoms with Gasteiger partial charge in [0.1, 0.15) is 0 Å². The van der Waals surface area contributed by atoms with Gasteiger partial charge in [-0.25, -0.2) is 4.68 Å². The molecule has 6 rings (SSSR count). The molecule has 4 fully saturated rings. The minimum absolute atomic E-state index is 0.00472. The molecule has 30 heavy (non-hydrogen) atoms. The van der Waals surface area contributed by atoms with Gasteiger partial charge in [0.25, 0.3) is 5.91 Å². The minimum Gasteiger partial charge on any atom is -0.455 e. The van der Waals surface area contributed by atoms with Crippen LogP contribution in [0, 0.1) is 43.4 Å². The van der Waals surface area contributed by atoms with E-state index in [1.807, 2.05) is 48.9 Å². The maximum atomic E-state index is 12.8. The highest BCUT2D eigenvalue weighted by Gasteiger charge is 2.51. The molecule has 4 saturated carbocycles. The first-order chi connectivity index (χ1) is 14.5. The first-order valence-corrected chi connectivity index (χ1v) is 11.1. The lowest BCUT2D eigenvalue weighted by Crippen LogP contribution is -2.48. The largest absolute Gasteiger partial charge is 0.455 e. The number of amides is 1. The monoisotopic (exact) mass is 407 g/mol. The number of esters is 1. The molecule has 4 bridgehead atoms. The molecule has 0 aliphatic heterocycles. The van der Waals surface area contributed by atoms with E-state index in [4.69, 9.17) is 4.74 Å². The van der Waals surface area contributed by atoms with Crippen molar-refractivity contribution in [3.8, 4) is 5.69 Å². The number of carbonyl (C=O) groups excluding carboxylic acids is 2. The van der Waals surface area contributed by atoms with Gasteiger partial charge in [-0.15, -0.1) is 0 Å². The van der Waals surface area contributed by atoms with Crippen LogP contribution in [0.3, 0.4) is 0 Å². The molecule has 1 amide bonds. The zero-order valence-electron chi connectivity index (χ0n) is 17.6. The van der Waals surface area contributed by atoms with Gasteiger partial charge in [0.05, 0.1) is 28.7 Å². The van der Waals surface area contributed by atoms with Crippen LogP contribution in [0.25, 0.3) is 5.69 Å².